The largest absolute Gasteiger partial charge is 0.515 e. The van der Waals surface area contributed by atoms with Crippen LogP contribution < -0.4 is 0 Å². The normalized spacial score (nSPS) is 25.5. The average molecular weight is 321 g/mol. The zero-order valence-corrected chi connectivity index (χ0v) is 13.1. The van der Waals surface area contributed by atoms with E-state index in [1.807, 2.05) is 0 Å². The van der Waals surface area contributed by atoms with Crippen molar-refractivity contribution >= 4 is 17.8 Å². The SMILES string of the molecule is C=C(C)OC(=O)N1CCC2=CC(=O)/C(=C\O)C[C@]2(C(=O)OC)C1. The van der Waals surface area contributed by atoms with Gasteiger partial charge in [0.15, 0.2) is 5.78 Å². The Morgan fingerprint density at radius 3 is 2.74 bits per heavy atom. The molecular formula is C16H19NO6. The minimum Gasteiger partial charge on any atom is -0.515 e. The third kappa shape index (κ3) is 2.99. The number of esters is 1. The van der Waals surface area contributed by atoms with Crippen LogP contribution in [0.1, 0.15) is 19.8 Å². The van der Waals surface area contributed by atoms with Gasteiger partial charge >= 0.3 is 12.1 Å². The maximum Gasteiger partial charge on any atom is 0.414 e. The summed E-state index contributed by atoms with van der Waals surface area (Å²) >= 11 is 0. The van der Waals surface area contributed by atoms with Gasteiger partial charge in [0.25, 0.3) is 0 Å². The van der Waals surface area contributed by atoms with Gasteiger partial charge in [0.2, 0.25) is 0 Å². The van der Waals surface area contributed by atoms with Crippen LogP contribution in [0.5, 0.6) is 0 Å². The first-order valence-electron chi connectivity index (χ1n) is 7.13. The first kappa shape index (κ1) is 16.8. The van der Waals surface area contributed by atoms with Gasteiger partial charge < -0.3 is 19.5 Å². The quantitative estimate of drug-likeness (QED) is 0.474. The third-order valence-corrected chi connectivity index (χ3v) is 4.09. The van der Waals surface area contributed by atoms with E-state index < -0.39 is 17.5 Å². The Labute approximate surface area is 133 Å². The van der Waals surface area contributed by atoms with Crippen LogP contribution in [-0.4, -0.2) is 48.1 Å². The van der Waals surface area contributed by atoms with Crippen molar-refractivity contribution in [2.75, 3.05) is 20.2 Å². The molecule has 1 aliphatic heterocycles. The number of amides is 1. The lowest BCUT2D eigenvalue weighted by Crippen LogP contribution is -2.53. The van der Waals surface area contributed by atoms with Crippen molar-refractivity contribution in [3.63, 3.8) is 0 Å². The maximum absolute atomic E-state index is 12.4. The minimum atomic E-state index is -1.18. The number of likely N-dealkylation sites (tertiary alicyclic amines) is 1. The van der Waals surface area contributed by atoms with Crippen LogP contribution in [0.2, 0.25) is 0 Å². The summed E-state index contributed by atoms with van der Waals surface area (Å²) < 4.78 is 9.88. The Kier molecular flexibility index (Phi) is 4.58. The van der Waals surface area contributed by atoms with Gasteiger partial charge in [-0.25, -0.2) is 4.79 Å². The number of carbonyl (C=O) groups excluding carboxylic acids is 3. The van der Waals surface area contributed by atoms with Crippen molar-refractivity contribution in [3.8, 4) is 0 Å². The van der Waals surface area contributed by atoms with Crippen molar-refractivity contribution in [2.24, 2.45) is 5.41 Å². The highest BCUT2D eigenvalue weighted by atomic mass is 16.6. The van der Waals surface area contributed by atoms with Crippen LogP contribution in [0, 0.1) is 5.41 Å². The van der Waals surface area contributed by atoms with Gasteiger partial charge in [0.1, 0.15) is 5.41 Å². The van der Waals surface area contributed by atoms with Crippen molar-refractivity contribution in [1.29, 1.82) is 0 Å². The Morgan fingerprint density at radius 1 is 1.48 bits per heavy atom. The average Bonchev–Trinajstić information content (AvgIpc) is 2.52. The summed E-state index contributed by atoms with van der Waals surface area (Å²) in [6.45, 7) is 5.40. The predicted molar refractivity (Wildman–Crippen MR) is 80.4 cm³/mol. The standard InChI is InChI=1S/C16H19NO6/c1-10(2)23-15(21)17-5-4-12-6-13(19)11(8-18)7-16(12,9-17)14(20)22-3/h6,8,18H,1,4-5,7,9H2,2-3H3/b11-8-/t16-/m0/s1. The van der Waals surface area contributed by atoms with Gasteiger partial charge in [-0.15, -0.1) is 0 Å². The summed E-state index contributed by atoms with van der Waals surface area (Å²) in [7, 11) is 1.25. The topological polar surface area (TPSA) is 93.1 Å². The second-order valence-electron chi connectivity index (χ2n) is 5.68. The number of fused-ring (bicyclic) bond motifs is 1. The number of carbonyl (C=O) groups is 3. The Balaban J connectivity index is 2.39. The molecule has 1 N–H and O–H groups in total. The molecule has 2 aliphatic rings. The number of ether oxygens (including phenoxy) is 2. The first-order valence-corrected chi connectivity index (χ1v) is 7.13. The molecule has 2 rings (SSSR count). The summed E-state index contributed by atoms with van der Waals surface area (Å²) in [6, 6.07) is 0. The number of rotatable bonds is 2. The van der Waals surface area contributed by atoms with E-state index >= 15 is 0 Å². The van der Waals surface area contributed by atoms with Crippen LogP contribution in [0.4, 0.5) is 4.79 Å². The molecule has 7 nitrogen and oxygen atoms in total. The molecule has 0 spiro atoms. The fourth-order valence-corrected chi connectivity index (χ4v) is 2.99. The van der Waals surface area contributed by atoms with Crippen LogP contribution in [0.3, 0.4) is 0 Å². The molecule has 1 fully saturated rings. The maximum atomic E-state index is 12.4. The number of hydrogen-bond donors (Lipinski definition) is 1. The van der Waals surface area contributed by atoms with Crippen molar-refractivity contribution in [3.05, 3.63) is 35.8 Å². The minimum absolute atomic E-state index is 0.0161. The molecule has 1 atom stereocenters. The van der Waals surface area contributed by atoms with E-state index in [4.69, 9.17) is 9.47 Å². The van der Waals surface area contributed by atoms with E-state index in [-0.39, 0.29) is 30.1 Å². The van der Waals surface area contributed by atoms with E-state index in [1.54, 1.807) is 6.92 Å². The van der Waals surface area contributed by atoms with Gasteiger partial charge in [0.05, 0.1) is 19.1 Å². The highest BCUT2D eigenvalue weighted by molar-refractivity contribution is 6.07. The molecule has 0 radical (unpaired) electrons. The highest BCUT2D eigenvalue weighted by Gasteiger charge is 2.51. The molecule has 0 bridgehead atoms. The van der Waals surface area contributed by atoms with Crippen LogP contribution >= 0.6 is 0 Å². The molecule has 124 valence electrons. The number of piperidine rings is 1. The monoisotopic (exact) mass is 321 g/mol. The van der Waals surface area contributed by atoms with Crippen molar-refractivity contribution in [1.82, 2.24) is 4.90 Å². The molecule has 0 saturated carbocycles. The molecule has 0 aromatic carbocycles. The van der Waals surface area contributed by atoms with Gasteiger partial charge in [-0.2, -0.15) is 0 Å². The van der Waals surface area contributed by atoms with Crippen LogP contribution in [-0.2, 0) is 19.1 Å². The van der Waals surface area contributed by atoms with E-state index in [1.165, 1.54) is 18.1 Å². The molecule has 0 unspecified atom stereocenters. The summed E-state index contributed by atoms with van der Waals surface area (Å²) in [5.41, 5.74) is -0.461. The Bertz CT molecular complexity index is 632. The second kappa shape index (κ2) is 6.28. The lowest BCUT2D eigenvalue weighted by atomic mass is 9.67. The van der Waals surface area contributed by atoms with Crippen LogP contribution in [0.15, 0.2) is 35.8 Å². The van der Waals surface area contributed by atoms with E-state index in [9.17, 15) is 19.5 Å². The fourth-order valence-electron chi connectivity index (χ4n) is 2.99. The molecule has 1 heterocycles. The number of aliphatic hydroxyl groups excluding tert-OH is 1. The molecule has 1 aliphatic carbocycles. The highest BCUT2D eigenvalue weighted by Crippen LogP contribution is 2.45. The number of aliphatic hydroxyl groups is 1. The third-order valence-electron chi connectivity index (χ3n) is 4.09. The van der Waals surface area contributed by atoms with Gasteiger partial charge in [-0.05, 0) is 25.0 Å². The van der Waals surface area contributed by atoms with Crippen molar-refractivity contribution in [2.45, 2.75) is 19.8 Å². The zero-order valence-electron chi connectivity index (χ0n) is 13.1. The number of allylic oxidation sites excluding steroid dienone is 3. The lowest BCUT2D eigenvalue weighted by Gasteiger charge is -2.43. The van der Waals surface area contributed by atoms with Gasteiger partial charge in [-0.1, -0.05) is 6.58 Å². The molecule has 1 amide bonds. The Hall–Kier alpha value is -2.57. The molecule has 23 heavy (non-hydrogen) atoms. The summed E-state index contributed by atoms with van der Waals surface area (Å²) in [6.07, 6.45) is 1.78. The molecule has 1 saturated heterocycles. The second-order valence-corrected chi connectivity index (χ2v) is 5.68. The predicted octanol–water partition coefficient (Wildman–Crippen LogP) is 1.86. The fraction of sp³-hybridized carbons (Fsp3) is 0.438. The van der Waals surface area contributed by atoms with E-state index in [0.717, 1.165) is 0 Å². The number of methoxy groups -OCH3 is 1. The van der Waals surface area contributed by atoms with Gasteiger partial charge in [-0.3, -0.25) is 9.59 Å². The summed E-state index contributed by atoms with van der Waals surface area (Å²) in [4.78, 5) is 37.8. The van der Waals surface area contributed by atoms with Crippen molar-refractivity contribution < 1.29 is 29.0 Å². The lowest BCUT2D eigenvalue weighted by molar-refractivity contribution is -0.152. The molecule has 0 aromatic heterocycles. The van der Waals surface area contributed by atoms with E-state index in [0.29, 0.717) is 24.8 Å². The van der Waals surface area contributed by atoms with Gasteiger partial charge in [0, 0.05) is 25.1 Å². The first-order chi connectivity index (χ1) is 10.8. The summed E-state index contributed by atoms with van der Waals surface area (Å²) in [5, 5.41) is 9.23. The molecule has 7 heteroatoms. The number of hydrogen-bond acceptors (Lipinski definition) is 6. The Morgan fingerprint density at radius 2 is 2.17 bits per heavy atom. The smallest absolute Gasteiger partial charge is 0.414 e. The number of nitrogens with zero attached hydrogens (tertiary/aromatic N) is 1. The number of ketones is 1. The zero-order chi connectivity index (χ0) is 17.2. The molecule has 0 aromatic rings. The van der Waals surface area contributed by atoms with E-state index in [2.05, 4.69) is 6.58 Å². The summed E-state index contributed by atoms with van der Waals surface area (Å²) in [5.74, 6) is -0.637. The molecular weight excluding hydrogens is 302 g/mol. The van der Waals surface area contributed by atoms with Crippen LogP contribution in [0.25, 0.3) is 0 Å².